The number of unbranched alkanes of at least 4 members (excludes halogenated alkanes) is 7. The number of allylic oxidation sites excluding steroid dienone is 2. The van der Waals surface area contributed by atoms with Gasteiger partial charge in [0.2, 0.25) is 0 Å². The maximum absolute atomic E-state index is 6.01. The van der Waals surface area contributed by atoms with Crippen LogP contribution in [0.1, 0.15) is 131 Å². The summed E-state index contributed by atoms with van der Waals surface area (Å²) in [6, 6.07) is 0. The molecule has 0 aliphatic carbocycles. The molecule has 1 nitrogen and oxygen atoms in total. The third kappa shape index (κ3) is 14.1. The zero-order valence-electron chi connectivity index (χ0n) is 23.0. The minimum absolute atomic E-state index is 0.0869. The Morgan fingerprint density at radius 3 is 2.09 bits per heavy atom. The van der Waals surface area contributed by atoms with Crippen LogP contribution in [0.15, 0.2) is 11.6 Å². The molecule has 2 heteroatoms. The molecule has 0 fully saturated rings. The minimum atomic E-state index is -0.0869. The van der Waals surface area contributed by atoms with Crippen molar-refractivity contribution in [2.75, 3.05) is 13.2 Å². The Bertz CT molecular complexity index is 505. The van der Waals surface area contributed by atoms with E-state index in [2.05, 4.69) is 65.7 Å². The maximum atomic E-state index is 6.01. The van der Waals surface area contributed by atoms with Gasteiger partial charge >= 0.3 is 0 Å². The molecule has 0 saturated heterocycles. The second-order valence-electron chi connectivity index (χ2n) is 10.5. The molecule has 0 spiro atoms. The fraction of sp³-hybridized carbons (Fsp3) is 0.867. The van der Waals surface area contributed by atoms with E-state index in [0.717, 1.165) is 32.9 Å². The van der Waals surface area contributed by atoms with Gasteiger partial charge in [-0.25, -0.2) is 0 Å². The quantitative estimate of drug-likeness (QED) is 0.0773. The maximum Gasteiger partial charge on any atom is 0.0492 e. The third-order valence-corrected chi connectivity index (χ3v) is 9.10. The van der Waals surface area contributed by atoms with Crippen LogP contribution in [0.25, 0.3) is 0 Å². The number of hydrogen-bond donors (Lipinski definition) is 1. The third-order valence-electron chi connectivity index (χ3n) is 7.96. The van der Waals surface area contributed by atoms with Crippen molar-refractivity contribution in [1.82, 2.24) is 5.09 Å². The van der Waals surface area contributed by atoms with E-state index in [9.17, 15) is 0 Å². The SMILES string of the molecule is C#CC(C)(CC(CCCCC(CCCCCCCCC)CPNC)C(C)CC)/C(C)=C/C. The van der Waals surface area contributed by atoms with Crippen molar-refractivity contribution in [3.05, 3.63) is 11.6 Å². The normalized spacial score (nSPS) is 17.2. The molecule has 0 saturated carbocycles. The highest BCUT2D eigenvalue weighted by atomic mass is 31.1. The van der Waals surface area contributed by atoms with Crippen molar-refractivity contribution < 1.29 is 0 Å². The van der Waals surface area contributed by atoms with Gasteiger partial charge in [-0.3, -0.25) is 0 Å². The molecule has 0 aromatic rings. The van der Waals surface area contributed by atoms with Crippen LogP contribution in [0, 0.1) is 35.5 Å². The lowest BCUT2D eigenvalue weighted by Crippen LogP contribution is -2.24. The molecule has 188 valence electrons. The monoisotopic (exact) mass is 463 g/mol. The Morgan fingerprint density at radius 2 is 1.56 bits per heavy atom. The molecular weight excluding hydrogens is 405 g/mol. The Kier molecular flexibility index (Phi) is 19.9. The molecule has 0 amide bonds. The molecule has 0 bridgehead atoms. The number of rotatable bonds is 21. The molecule has 5 unspecified atom stereocenters. The minimum Gasteiger partial charge on any atom is -0.301 e. The van der Waals surface area contributed by atoms with Crippen LogP contribution >= 0.6 is 8.73 Å². The first-order valence-corrected chi connectivity index (χ1v) is 15.1. The van der Waals surface area contributed by atoms with Crippen LogP contribution in [0.5, 0.6) is 0 Å². The van der Waals surface area contributed by atoms with E-state index in [0.29, 0.717) is 0 Å². The van der Waals surface area contributed by atoms with Crippen LogP contribution in [-0.2, 0) is 0 Å². The van der Waals surface area contributed by atoms with Gasteiger partial charge in [-0.15, -0.1) is 6.42 Å². The molecule has 32 heavy (non-hydrogen) atoms. The van der Waals surface area contributed by atoms with Crippen molar-refractivity contribution in [2.45, 2.75) is 131 Å². The van der Waals surface area contributed by atoms with Gasteiger partial charge in [0.05, 0.1) is 0 Å². The summed E-state index contributed by atoms with van der Waals surface area (Å²) in [7, 11) is 3.03. The van der Waals surface area contributed by atoms with Gasteiger partial charge in [-0.2, -0.15) is 0 Å². The number of terminal acetylenes is 1. The first-order chi connectivity index (χ1) is 15.4. The summed E-state index contributed by atoms with van der Waals surface area (Å²) in [5.74, 6) is 5.54. The van der Waals surface area contributed by atoms with Crippen LogP contribution in [-0.4, -0.2) is 13.2 Å². The summed E-state index contributed by atoms with van der Waals surface area (Å²) < 4.78 is 0. The van der Waals surface area contributed by atoms with Gasteiger partial charge in [0.1, 0.15) is 0 Å². The summed E-state index contributed by atoms with van der Waals surface area (Å²) in [6.07, 6.45) is 28.9. The molecule has 0 radical (unpaired) electrons. The Morgan fingerprint density at radius 1 is 1.00 bits per heavy atom. The van der Waals surface area contributed by atoms with Crippen LogP contribution in [0.3, 0.4) is 0 Å². The lowest BCUT2D eigenvalue weighted by molar-refractivity contribution is 0.244. The van der Waals surface area contributed by atoms with Crippen molar-refractivity contribution in [1.29, 1.82) is 0 Å². The van der Waals surface area contributed by atoms with Gasteiger partial charge in [0, 0.05) is 5.41 Å². The van der Waals surface area contributed by atoms with Crippen LogP contribution in [0.4, 0.5) is 0 Å². The van der Waals surface area contributed by atoms with Crippen LogP contribution < -0.4 is 5.09 Å². The van der Waals surface area contributed by atoms with Gasteiger partial charge < -0.3 is 5.09 Å². The van der Waals surface area contributed by atoms with E-state index >= 15 is 0 Å². The molecule has 0 aliphatic rings. The highest BCUT2D eigenvalue weighted by molar-refractivity contribution is 7.35. The summed E-state index contributed by atoms with van der Waals surface area (Å²) in [5, 5.41) is 3.41. The molecule has 0 rings (SSSR count). The molecule has 0 aromatic heterocycles. The van der Waals surface area contributed by atoms with E-state index in [1.54, 1.807) is 0 Å². The first-order valence-electron chi connectivity index (χ1n) is 13.9. The largest absolute Gasteiger partial charge is 0.301 e. The standard InChI is InChI=1S/C30H58NP/c1-9-13-14-15-16-17-18-21-28(25-32-31-8)22-19-20-23-29(26(5)10-2)24-30(7,12-4)27(6)11-3/h4,11,26,28-29,31-32H,9-10,13-25H2,1-3,5-8H3/b27-11+. The van der Waals surface area contributed by atoms with E-state index in [1.165, 1.54) is 95.2 Å². The Balaban J connectivity index is 4.54. The first kappa shape index (κ1) is 31.7. The lowest BCUT2D eigenvalue weighted by Gasteiger charge is -2.33. The molecule has 0 aliphatic heterocycles. The zero-order valence-corrected chi connectivity index (χ0v) is 24.0. The molecule has 0 aromatic carbocycles. The smallest absolute Gasteiger partial charge is 0.0492 e. The van der Waals surface area contributed by atoms with Crippen LogP contribution in [0.2, 0.25) is 0 Å². The van der Waals surface area contributed by atoms with E-state index < -0.39 is 0 Å². The Labute approximate surface area is 205 Å². The average Bonchev–Trinajstić information content (AvgIpc) is 2.81. The van der Waals surface area contributed by atoms with Crippen molar-refractivity contribution in [3.8, 4) is 12.3 Å². The van der Waals surface area contributed by atoms with Gasteiger partial charge in [0.25, 0.3) is 0 Å². The lowest BCUT2D eigenvalue weighted by atomic mass is 9.71. The number of nitrogens with one attached hydrogen (secondary N) is 1. The van der Waals surface area contributed by atoms with E-state index in [1.807, 2.05) is 0 Å². The second kappa shape index (κ2) is 20.1. The molecular formula is C30H58NP. The summed E-state index contributed by atoms with van der Waals surface area (Å²) >= 11 is 0. The topological polar surface area (TPSA) is 12.0 Å². The van der Waals surface area contributed by atoms with Crippen molar-refractivity contribution in [2.24, 2.45) is 23.2 Å². The summed E-state index contributed by atoms with van der Waals surface area (Å²) in [6.45, 7) is 13.7. The highest BCUT2D eigenvalue weighted by Gasteiger charge is 2.29. The fourth-order valence-corrected chi connectivity index (χ4v) is 5.82. The molecule has 0 heterocycles. The highest BCUT2D eigenvalue weighted by Crippen LogP contribution is 2.39. The summed E-state index contributed by atoms with van der Waals surface area (Å²) in [4.78, 5) is 0. The predicted molar refractivity (Wildman–Crippen MR) is 151 cm³/mol. The van der Waals surface area contributed by atoms with Gasteiger partial charge in [-0.1, -0.05) is 131 Å². The number of hydrogen-bond acceptors (Lipinski definition) is 1. The molecule has 5 atom stereocenters. The van der Waals surface area contributed by atoms with E-state index in [4.69, 9.17) is 6.42 Å². The van der Waals surface area contributed by atoms with Gasteiger partial charge in [0.15, 0.2) is 0 Å². The van der Waals surface area contributed by atoms with E-state index in [-0.39, 0.29) is 5.41 Å². The van der Waals surface area contributed by atoms with Crippen molar-refractivity contribution >= 4 is 8.73 Å². The molecule has 1 N–H and O–H groups in total. The fourth-order valence-electron chi connectivity index (χ4n) is 4.92. The van der Waals surface area contributed by atoms with Crippen molar-refractivity contribution in [3.63, 3.8) is 0 Å². The second-order valence-corrected chi connectivity index (χ2v) is 11.8. The van der Waals surface area contributed by atoms with Gasteiger partial charge in [-0.05, 0) is 58.2 Å². The average molecular weight is 464 g/mol. The zero-order chi connectivity index (χ0) is 24.2. The summed E-state index contributed by atoms with van der Waals surface area (Å²) in [5.41, 5.74) is 1.27. The Hall–Kier alpha value is -0.310. The predicted octanol–water partition coefficient (Wildman–Crippen LogP) is 9.77.